The van der Waals surface area contributed by atoms with Crippen LogP contribution in [0.15, 0.2) is 29.2 Å². The van der Waals surface area contributed by atoms with Gasteiger partial charge in [0.2, 0.25) is 0 Å². The third-order valence-corrected chi connectivity index (χ3v) is 4.83. The van der Waals surface area contributed by atoms with Gasteiger partial charge in [0.15, 0.2) is 9.84 Å². The van der Waals surface area contributed by atoms with E-state index in [4.69, 9.17) is 9.84 Å². The monoisotopic (exact) mass is 343 g/mol. The number of carboxylic acids is 1. The van der Waals surface area contributed by atoms with Crippen LogP contribution in [0.5, 0.6) is 0 Å². The van der Waals surface area contributed by atoms with Crippen LogP contribution in [0.2, 0.25) is 0 Å². The van der Waals surface area contributed by atoms with Crippen LogP contribution < -0.4 is 5.32 Å². The first-order valence-electron chi connectivity index (χ1n) is 7.18. The fourth-order valence-corrected chi connectivity index (χ4v) is 3.00. The first-order valence-corrected chi connectivity index (χ1v) is 8.84. The van der Waals surface area contributed by atoms with Crippen molar-refractivity contribution < 1.29 is 27.9 Å². The lowest BCUT2D eigenvalue weighted by molar-refractivity contribution is -0.137. The van der Waals surface area contributed by atoms with Crippen molar-refractivity contribution in [3.63, 3.8) is 0 Å². The van der Waals surface area contributed by atoms with E-state index < -0.39 is 15.8 Å². The quantitative estimate of drug-likeness (QED) is 0.616. The third-order valence-electron chi connectivity index (χ3n) is 3.13. The minimum absolute atomic E-state index is 0.0733. The van der Waals surface area contributed by atoms with Crippen molar-refractivity contribution in [3.8, 4) is 0 Å². The topological polar surface area (TPSA) is 110 Å². The number of carbonyl (C=O) groups excluding carboxylic acids is 1. The molecule has 0 radical (unpaired) electrons. The number of unbranched alkanes of at least 4 members (excludes halogenated alkanes) is 1. The van der Waals surface area contributed by atoms with Crippen molar-refractivity contribution in [1.82, 2.24) is 5.32 Å². The molecule has 0 aliphatic rings. The molecule has 1 aromatic rings. The fourth-order valence-electron chi connectivity index (χ4n) is 1.83. The van der Waals surface area contributed by atoms with Crippen LogP contribution in [-0.2, 0) is 19.4 Å². The molecule has 0 unspecified atom stereocenters. The molecule has 0 saturated heterocycles. The van der Waals surface area contributed by atoms with Crippen molar-refractivity contribution in [2.24, 2.45) is 0 Å². The van der Waals surface area contributed by atoms with Crippen molar-refractivity contribution in [2.75, 3.05) is 26.0 Å². The van der Waals surface area contributed by atoms with Gasteiger partial charge in [-0.1, -0.05) is 0 Å². The second-order valence-corrected chi connectivity index (χ2v) is 7.05. The molecule has 8 heteroatoms. The number of amides is 1. The van der Waals surface area contributed by atoms with E-state index in [-0.39, 0.29) is 29.6 Å². The normalized spacial score (nSPS) is 11.2. The molecule has 0 aliphatic heterocycles. The van der Waals surface area contributed by atoms with Crippen LogP contribution >= 0.6 is 0 Å². The largest absolute Gasteiger partial charge is 0.481 e. The molecule has 0 aromatic heterocycles. The summed E-state index contributed by atoms with van der Waals surface area (Å²) in [6.07, 6.45) is 1.14. The Balaban J connectivity index is 2.52. The van der Waals surface area contributed by atoms with Gasteiger partial charge in [0.1, 0.15) is 0 Å². The molecule has 0 spiro atoms. The maximum Gasteiger partial charge on any atom is 0.303 e. The zero-order valence-corrected chi connectivity index (χ0v) is 13.8. The zero-order chi connectivity index (χ0) is 17.3. The number of carboxylic acid groups (broad SMARTS) is 1. The smallest absolute Gasteiger partial charge is 0.303 e. The number of rotatable bonds is 10. The summed E-state index contributed by atoms with van der Waals surface area (Å²) in [6.45, 7) is 0.487. The molecular weight excluding hydrogens is 322 g/mol. The predicted octanol–water partition coefficient (Wildman–Crippen LogP) is 1.09. The fraction of sp³-hybridized carbons (Fsp3) is 0.467. The zero-order valence-electron chi connectivity index (χ0n) is 12.9. The van der Waals surface area contributed by atoms with E-state index in [1.54, 1.807) is 0 Å². The molecule has 0 saturated carbocycles. The number of methoxy groups -OCH3 is 1. The molecule has 1 amide bonds. The third kappa shape index (κ3) is 6.79. The molecule has 0 fully saturated rings. The molecule has 23 heavy (non-hydrogen) atoms. The van der Waals surface area contributed by atoms with Crippen LogP contribution in [0.25, 0.3) is 0 Å². The Morgan fingerprint density at radius 3 is 2.39 bits per heavy atom. The maximum absolute atomic E-state index is 11.9. The number of carbonyl (C=O) groups is 2. The molecule has 0 heterocycles. The van der Waals surface area contributed by atoms with Crippen molar-refractivity contribution in [2.45, 2.75) is 24.2 Å². The van der Waals surface area contributed by atoms with Gasteiger partial charge in [0.25, 0.3) is 5.91 Å². The van der Waals surface area contributed by atoms with Gasteiger partial charge in [0, 0.05) is 25.6 Å². The van der Waals surface area contributed by atoms with Gasteiger partial charge in [-0.05, 0) is 37.1 Å². The second kappa shape index (κ2) is 9.26. The van der Waals surface area contributed by atoms with Gasteiger partial charge >= 0.3 is 5.97 Å². The van der Waals surface area contributed by atoms with Gasteiger partial charge in [0.05, 0.1) is 17.3 Å². The van der Waals surface area contributed by atoms with Crippen LogP contribution in [0, 0.1) is 0 Å². The Kier molecular flexibility index (Phi) is 7.70. The van der Waals surface area contributed by atoms with Gasteiger partial charge in [-0.25, -0.2) is 8.42 Å². The summed E-state index contributed by atoms with van der Waals surface area (Å²) in [4.78, 5) is 22.4. The number of benzene rings is 1. The average molecular weight is 343 g/mol. The van der Waals surface area contributed by atoms with E-state index in [1.165, 1.54) is 31.4 Å². The molecule has 0 atom stereocenters. The summed E-state index contributed by atoms with van der Waals surface area (Å²) >= 11 is 0. The summed E-state index contributed by atoms with van der Waals surface area (Å²) in [5.74, 6) is -1.29. The van der Waals surface area contributed by atoms with E-state index in [1.807, 2.05) is 0 Å². The van der Waals surface area contributed by atoms with E-state index in [0.29, 0.717) is 24.9 Å². The number of nitrogens with one attached hydrogen (secondary N) is 1. The molecule has 2 N–H and O–H groups in total. The summed E-state index contributed by atoms with van der Waals surface area (Å²) in [7, 11) is -1.98. The SMILES string of the molecule is COCCS(=O)(=O)c1ccc(C(=O)NCCCCC(=O)O)cc1. The van der Waals surface area contributed by atoms with Crippen molar-refractivity contribution in [1.29, 1.82) is 0 Å². The number of hydrogen-bond acceptors (Lipinski definition) is 5. The molecule has 0 bridgehead atoms. The molecule has 128 valence electrons. The lowest BCUT2D eigenvalue weighted by atomic mass is 10.2. The van der Waals surface area contributed by atoms with E-state index in [9.17, 15) is 18.0 Å². The maximum atomic E-state index is 11.9. The lowest BCUT2D eigenvalue weighted by Gasteiger charge is -2.07. The minimum Gasteiger partial charge on any atom is -0.481 e. The number of hydrogen-bond donors (Lipinski definition) is 2. The predicted molar refractivity (Wildman–Crippen MR) is 84.2 cm³/mol. The lowest BCUT2D eigenvalue weighted by Crippen LogP contribution is -2.24. The standard InChI is InChI=1S/C15H21NO6S/c1-22-10-11-23(20,21)13-7-5-12(6-8-13)15(19)16-9-3-2-4-14(17)18/h5-8H,2-4,9-11H2,1H3,(H,16,19)(H,17,18). The Labute approximate surface area is 135 Å². The first kappa shape index (κ1) is 19.1. The Morgan fingerprint density at radius 2 is 1.83 bits per heavy atom. The summed E-state index contributed by atoms with van der Waals surface area (Å²) in [5.41, 5.74) is 0.355. The Bertz CT molecular complexity index is 624. The van der Waals surface area contributed by atoms with Gasteiger partial charge in [-0.15, -0.1) is 0 Å². The Hall–Kier alpha value is -1.93. The van der Waals surface area contributed by atoms with E-state index in [0.717, 1.165) is 0 Å². The highest BCUT2D eigenvalue weighted by molar-refractivity contribution is 7.91. The number of ether oxygens (including phenoxy) is 1. The van der Waals surface area contributed by atoms with Crippen LogP contribution in [0.1, 0.15) is 29.6 Å². The molecule has 1 rings (SSSR count). The van der Waals surface area contributed by atoms with Crippen molar-refractivity contribution in [3.05, 3.63) is 29.8 Å². The van der Waals surface area contributed by atoms with Crippen molar-refractivity contribution >= 4 is 21.7 Å². The molecule has 1 aromatic carbocycles. The van der Waals surface area contributed by atoms with E-state index in [2.05, 4.69) is 5.32 Å². The molecule has 0 aliphatic carbocycles. The summed E-state index contributed by atoms with van der Waals surface area (Å²) in [6, 6.07) is 5.69. The van der Waals surface area contributed by atoms with Crippen LogP contribution in [0.4, 0.5) is 0 Å². The highest BCUT2D eigenvalue weighted by atomic mass is 32.2. The highest BCUT2D eigenvalue weighted by Gasteiger charge is 2.14. The highest BCUT2D eigenvalue weighted by Crippen LogP contribution is 2.12. The molecular formula is C15H21NO6S. The van der Waals surface area contributed by atoms with Crippen LogP contribution in [0.3, 0.4) is 0 Å². The first-order chi connectivity index (χ1) is 10.9. The number of aliphatic carboxylic acids is 1. The minimum atomic E-state index is -3.41. The van der Waals surface area contributed by atoms with Gasteiger partial charge in [-0.3, -0.25) is 9.59 Å². The summed E-state index contributed by atoms with van der Waals surface area (Å²) < 4.78 is 28.6. The molecule has 7 nitrogen and oxygen atoms in total. The second-order valence-electron chi connectivity index (χ2n) is 4.94. The summed E-state index contributed by atoms with van der Waals surface area (Å²) in [5, 5.41) is 11.2. The van der Waals surface area contributed by atoms with Gasteiger partial charge < -0.3 is 15.2 Å². The van der Waals surface area contributed by atoms with Gasteiger partial charge in [-0.2, -0.15) is 0 Å². The number of sulfone groups is 1. The van der Waals surface area contributed by atoms with E-state index >= 15 is 0 Å². The average Bonchev–Trinajstić information content (AvgIpc) is 2.52. The van der Waals surface area contributed by atoms with Crippen LogP contribution in [-0.4, -0.2) is 51.4 Å². The Morgan fingerprint density at radius 1 is 1.17 bits per heavy atom.